The summed E-state index contributed by atoms with van der Waals surface area (Å²) in [7, 11) is 0. The summed E-state index contributed by atoms with van der Waals surface area (Å²) in [6.45, 7) is 1.04. The smallest absolute Gasteiger partial charge is 0.349 e. The van der Waals surface area contributed by atoms with Gasteiger partial charge in [-0.3, -0.25) is 9.48 Å². The zero-order valence-electron chi connectivity index (χ0n) is 15.0. The predicted octanol–water partition coefficient (Wildman–Crippen LogP) is 3.17. The van der Waals surface area contributed by atoms with Crippen LogP contribution in [0.2, 0.25) is 0 Å². The first-order valence-corrected chi connectivity index (χ1v) is 9.58. The van der Waals surface area contributed by atoms with Crippen molar-refractivity contribution in [1.82, 2.24) is 15.1 Å². The molecule has 2 heterocycles. The summed E-state index contributed by atoms with van der Waals surface area (Å²) >= 11 is 0. The van der Waals surface area contributed by atoms with E-state index in [2.05, 4.69) is 11.4 Å². The Morgan fingerprint density at radius 2 is 1.93 bits per heavy atom. The molecule has 1 N–H and O–H groups in total. The second-order valence-electron chi connectivity index (χ2n) is 7.51. The Morgan fingerprint density at radius 3 is 2.70 bits per heavy atom. The molecule has 2 aliphatic rings. The van der Waals surface area contributed by atoms with Crippen LogP contribution in [0, 0.1) is 0 Å². The van der Waals surface area contributed by atoms with Crippen molar-refractivity contribution in [2.24, 2.45) is 0 Å². The van der Waals surface area contributed by atoms with Gasteiger partial charge in [-0.2, -0.15) is 5.10 Å². The van der Waals surface area contributed by atoms with Gasteiger partial charge in [0, 0.05) is 29.5 Å². The Labute approximate surface area is 156 Å². The number of nitrogens with one attached hydrogen (secondary N) is 1. The first-order valence-electron chi connectivity index (χ1n) is 9.58. The molecule has 3 aromatic rings. The minimum Gasteiger partial charge on any atom is -0.422 e. The van der Waals surface area contributed by atoms with Crippen molar-refractivity contribution in [2.75, 3.05) is 6.54 Å². The molecule has 5 rings (SSSR count). The van der Waals surface area contributed by atoms with Crippen LogP contribution in [0.15, 0.2) is 45.6 Å². The van der Waals surface area contributed by atoms with Gasteiger partial charge in [-0.15, -0.1) is 0 Å². The van der Waals surface area contributed by atoms with Gasteiger partial charge >= 0.3 is 5.63 Å². The summed E-state index contributed by atoms with van der Waals surface area (Å²) in [6.07, 6.45) is 4.91. The van der Waals surface area contributed by atoms with Crippen LogP contribution < -0.4 is 10.9 Å². The first kappa shape index (κ1) is 16.3. The molecule has 0 saturated heterocycles. The SMILES string of the molecule is O=C(NCCn1nc(C2CC2)cc1C1CC1)c1cc2ccccc2oc1=O. The van der Waals surface area contributed by atoms with E-state index >= 15 is 0 Å². The molecule has 2 aliphatic carbocycles. The largest absolute Gasteiger partial charge is 0.422 e. The molecule has 2 saturated carbocycles. The Kier molecular flexibility index (Phi) is 3.85. The molecule has 0 unspecified atom stereocenters. The lowest BCUT2D eigenvalue weighted by Crippen LogP contribution is -2.31. The molecular formula is C21H21N3O3. The summed E-state index contributed by atoms with van der Waals surface area (Å²) in [6, 6.07) is 11.0. The minimum atomic E-state index is -0.611. The number of hydrogen-bond acceptors (Lipinski definition) is 4. The number of aromatic nitrogens is 2. The zero-order valence-corrected chi connectivity index (χ0v) is 15.0. The Bertz CT molecular complexity index is 1070. The van der Waals surface area contributed by atoms with Gasteiger partial charge in [0.15, 0.2) is 0 Å². The van der Waals surface area contributed by atoms with E-state index in [1.54, 1.807) is 18.2 Å². The third kappa shape index (κ3) is 3.27. The number of nitrogens with zero attached hydrogens (tertiary/aromatic N) is 2. The van der Waals surface area contributed by atoms with Crippen molar-refractivity contribution < 1.29 is 9.21 Å². The molecule has 0 bridgehead atoms. The number of rotatable bonds is 6. The molecule has 138 valence electrons. The summed E-state index contributed by atoms with van der Waals surface area (Å²) < 4.78 is 7.28. The summed E-state index contributed by atoms with van der Waals surface area (Å²) in [4.78, 5) is 24.6. The second-order valence-corrected chi connectivity index (χ2v) is 7.51. The van der Waals surface area contributed by atoms with Crippen LogP contribution in [-0.2, 0) is 6.54 Å². The molecule has 1 aromatic carbocycles. The van der Waals surface area contributed by atoms with Gasteiger partial charge in [0.1, 0.15) is 11.1 Å². The van der Waals surface area contributed by atoms with E-state index in [0.717, 1.165) is 5.39 Å². The van der Waals surface area contributed by atoms with Gasteiger partial charge in [-0.1, -0.05) is 18.2 Å². The van der Waals surface area contributed by atoms with Gasteiger partial charge in [0.05, 0.1) is 12.2 Å². The van der Waals surface area contributed by atoms with E-state index in [4.69, 9.17) is 9.52 Å². The summed E-state index contributed by atoms with van der Waals surface area (Å²) in [5, 5.41) is 8.32. The Morgan fingerprint density at radius 1 is 1.15 bits per heavy atom. The maximum atomic E-state index is 12.5. The molecular weight excluding hydrogens is 342 g/mol. The highest BCUT2D eigenvalue weighted by Crippen LogP contribution is 2.44. The van der Waals surface area contributed by atoms with Gasteiger partial charge in [-0.25, -0.2) is 4.79 Å². The zero-order chi connectivity index (χ0) is 18.4. The Balaban J connectivity index is 1.29. The number of amides is 1. The number of benzene rings is 1. The van der Waals surface area contributed by atoms with Crippen LogP contribution in [0.1, 0.15) is 59.3 Å². The fourth-order valence-corrected chi connectivity index (χ4v) is 3.51. The Hall–Kier alpha value is -2.89. The molecule has 2 fully saturated rings. The van der Waals surface area contributed by atoms with Crippen molar-refractivity contribution in [3.63, 3.8) is 0 Å². The molecule has 1 amide bonds. The van der Waals surface area contributed by atoms with Crippen LogP contribution in [0.4, 0.5) is 0 Å². The number of fused-ring (bicyclic) bond motifs is 1. The molecule has 0 radical (unpaired) electrons. The lowest BCUT2D eigenvalue weighted by molar-refractivity contribution is 0.0948. The molecule has 6 nitrogen and oxygen atoms in total. The normalized spacial score (nSPS) is 16.6. The summed E-state index contributed by atoms with van der Waals surface area (Å²) in [5.41, 5.74) is 2.39. The third-order valence-corrected chi connectivity index (χ3v) is 5.32. The van der Waals surface area contributed by atoms with Crippen molar-refractivity contribution in [2.45, 2.75) is 44.1 Å². The molecule has 27 heavy (non-hydrogen) atoms. The molecule has 0 aliphatic heterocycles. The maximum Gasteiger partial charge on any atom is 0.349 e. The maximum absolute atomic E-state index is 12.5. The second kappa shape index (κ2) is 6.37. The highest BCUT2D eigenvalue weighted by atomic mass is 16.4. The third-order valence-electron chi connectivity index (χ3n) is 5.32. The molecule has 0 atom stereocenters. The van der Waals surface area contributed by atoms with Crippen LogP contribution >= 0.6 is 0 Å². The van der Waals surface area contributed by atoms with Crippen LogP contribution in [0.25, 0.3) is 11.0 Å². The quantitative estimate of drug-likeness (QED) is 0.683. The molecule has 2 aromatic heterocycles. The van der Waals surface area contributed by atoms with E-state index in [-0.39, 0.29) is 5.56 Å². The van der Waals surface area contributed by atoms with Crippen molar-refractivity contribution in [1.29, 1.82) is 0 Å². The lowest BCUT2D eigenvalue weighted by Gasteiger charge is -2.08. The molecule has 6 heteroatoms. The van der Waals surface area contributed by atoms with Gasteiger partial charge in [-0.05, 0) is 43.9 Å². The lowest BCUT2D eigenvalue weighted by atomic mass is 10.2. The van der Waals surface area contributed by atoms with Gasteiger partial charge < -0.3 is 9.73 Å². The van der Waals surface area contributed by atoms with Gasteiger partial charge in [0.2, 0.25) is 0 Å². The van der Waals surface area contributed by atoms with E-state index in [1.807, 2.05) is 16.8 Å². The first-order chi connectivity index (χ1) is 13.2. The minimum absolute atomic E-state index is 0.0373. The number of carbonyl (C=O) groups excluding carboxylic acids is 1. The number of carbonyl (C=O) groups is 1. The fraction of sp³-hybridized carbons (Fsp3) is 0.381. The molecule has 0 spiro atoms. The number of hydrogen-bond donors (Lipinski definition) is 1. The van der Waals surface area contributed by atoms with Crippen molar-refractivity contribution in [3.05, 3.63) is 63.8 Å². The van der Waals surface area contributed by atoms with Crippen LogP contribution in [0.3, 0.4) is 0 Å². The highest BCUT2D eigenvalue weighted by molar-refractivity contribution is 5.96. The summed E-state index contributed by atoms with van der Waals surface area (Å²) in [5.74, 6) is 0.839. The number of para-hydroxylation sites is 1. The van der Waals surface area contributed by atoms with E-state index in [1.165, 1.54) is 37.1 Å². The van der Waals surface area contributed by atoms with Crippen molar-refractivity contribution in [3.8, 4) is 0 Å². The van der Waals surface area contributed by atoms with E-state index in [9.17, 15) is 9.59 Å². The van der Waals surface area contributed by atoms with Crippen LogP contribution in [0.5, 0.6) is 0 Å². The monoisotopic (exact) mass is 363 g/mol. The predicted molar refractivity (Wildman–Crippen MR) is 101 cm³/mol. The highest BCUT2D eigenvalue weighted by Gasteiger charge is 2.32. The average molecular weight is 363 g/mol. The van der Waals surface area contributed by atoms with E-state index in [0.29, 0.717) is 30.5 Å². The van der Waals surface area contributed by atoms with Crippen molar-refractivity contribution >= 4 is 16.9 Å². The topological polar surface area (TPSA) is 77.1 Å². The standard InChI is InChI=1S/C21H21N3O3/c25-20(16-11-15-3-1-2-4-19(15)27-21(16)26)22-9-10-24-18(14-7-8-14)12-17(23-24)13-5-6-13/h1-4,11-14H,5-10H2,(H,22,25). The van der Waals surface area contributed by atoms with E-state index < -0.39 is 11.5 Å². The van der Waals surface area contributed by atoms with Crippen LogP contribution in [-0.4, -0.2) is 22.2 Å². The van der Waals surface area contributed by atoms with Gasteiger partial charge in [0.25, 0.3) is 5.91 Å². The average Bonchev–Trinajstić information content (AvgIpc) is 3.59. The fourth-order valence-electron chi connectivity index (χ4n) is 3.51.